The van der Waals surface area contributed by atoms with Crippen molar-refractivity contribution < 1.29 is 34.0 Å². The van der Waals surface area contributed by atoms with Crippen molar-refractivity contribution in [2.75, 3.05) is 27.4 Å². The first-order valence-electron chi connectivity index (χ1n) is 4.79. The third kappa shape index (κ3) is 2.89. The summed E-state index contributed by atoms with van der Waals surface area (Å²) in [6, 6.07) is 0. The highest BCUT2D eigenvalue weighted by molar-refractivity contribution is 5.70. The molecule has 16 heavy (non-hydrogen) atoms. The average Bonchev–Trinajstić information content (AvgIpc) is 2.62. The molecule has 0 aromatic heterocycles. The highest BCUT2D eigenvalue weighted by atomic mass is 16.7. The molecule has 4 atom stereocenters. The summed E-state index contributed by atoms with van der Waals surface area (Å²) in [4.78, 5) is 10.7. The van der Waals surface area contributed by atoms with E-state index in [9.17, 15) is 9.90 Å². The molecule has 1 rings (SSSR count). The molecular formula is C9H16O7. The standard InChI is InChI=1S/C9H16O7/c1-13-8-7(12)5(16-9(8)14-2)4-15-6(11)3-10/h5,7-10,12H,3-4H2,1-2H3/t5-,7-,8?,9-/m1/s1. The Hall–Kier alpha value is -0.730. The molecule has 0 bridgehead atoms. The van der Waals surface area contributed by atoms with Gasteiger partial charge < -0.3 is 29.2 Å². The minimum Gasteiger partial charge on any atom is -0.461 e. The maximum Gasteiger partial charge on any atom is 0.331 e. The van der Waals surface area contributed by atoms with E-state index >= 15 is 0 Å². The highest BCUT2D eigenvalue weighted by Crippen LogP contribution is 2.24. The monoisotopic (exact) mass is 236 g/mol. The zero-order chi connectivity index (χ0) is 12.1. The molecule has 1 unspecified atom stereocenters. The van der Waals surface area contributed by atoms with Gasteiger partial charge in [0.2, 0.25) is 0 Å². The fourth-order valence-electron chi connectivity index (χ4n) is 1.50. The van der Waals surface area contributed by atoms with E-state index in [1.165, 1.54) is 14.2 Å². The van der Waals surface area contributed by atoms with Gasteiger partial charge >= 0.3 is 5.97 Å². The van der Waals surface area contributed by atoms with E-state index in [4.69, 9.17) is 19.3 Å². The third-order valence-corrected chi connectivity index (χ3v) is 2.34. The Kier molecular flexibility index (Phi) is 5.10. The molecule has 0 aromatic carbocycles. The smallest absolute Gasteiger partial charge is 0.331 e. The zero-order valence-corrected chi connectivity index (χ0v) is 9.16. The van der Waals surface area contributed by atoms with Crippen LogP contribution < -0.4 is 0 Å². The van der Waals surface area contributed by atoms with Crippen LogP contribution in [0.2, 0.25) is 0 Å². The van der Waals surface area contributed by atoms with E-state index in [1.807, 2.05) is 0 Å². The van der Waals surface area contributed by atoms with E-state index in [2.05, 4.69) is 4.74 Å². The van der Waals surface area contributed by atoms with Crippen molar-refractivity contribution in [3.8, 4) is 0 Å². The molecule has 2 N–H and O–H groups in total. The molecule has 0 radical (unpaired) electrons. The largest absolute Gasteiger partial charge is 0.461 e. The second-order valence-corrected chi connectivity index (χ2v) is 3.31. The van der Waals surface area contributed by atoms with Gasteiger partial charge in [-0.25, -0.2) is 4.79 Å². The number of ether oxygens (including phenoxy) is 4. The second kappa shape index (κ2) is 6.12. The number of rotatable bonds is 5. The molecule has 0 aromatic rings. The van der Waals surface area contributed by atoms with Crippen molar-refractivity contribution in [2.24, 2.45) is 0 Å². The summed E-state index contributed by atoms with van der Waals surface area (Å²) in [5, 5.41) is 18.2. The van der Waals surface area contributed by atoms with E-state index in [1.54, 1.807) is 0 Å². The summed E-state index contributed by atoms with van der Waals surface area (Å²) in [6.45, 7) is -0.857. The Morgan fingerprint density at radius 1 is 1.38 bits per heavy atom. The number of methoxy groups -OCH3 is 2. The van der Waals surface area contributed by atoms with E-state index in [0.29, 0.717) is 0 Å². The number of carbonyl (C=O) groups excluding carboxylic acids is 1. The lowest BCUT2D eigenvalue weighted by atomic mass is 10.1. The number of aliphatic hydroxyl groups is 2. The lowest BCUT2D eigenvalue weighted by Gasteiger charge is -2.16. The van der Waals surface area contributed by atoms with Crippen LogP contribution in [-0.2, 0) is 23.7 Å². The predicted octanol–water partition coefficient (Wildman–Crippen LogP) is -1.73. The summed E-state index contributed by atoms with van der Waals surface area (Å²) in [7, 11) is 2.84. The van der Waals surface area contributed by atoms with Crippen LogP contribution in [0.25, 0.3) is 0 Å². The average molecular weight is 236 g/mol. The van der Waals surface area contributed by atoms with Crippen LogP contribution in [0.15, 0.2) is 0 Å². The second-order valence-electron chi connectivity index (χ2n) is 3.31. The number of aliphatic hydroxyl groups excluding tert-OH is 2. The first kappa shape index (κ1) is 13.3. The van der Waals surface area contributed by atoms with Crippen molar-refractivity contribution in [1.29, 1.82) is 0 Å². The molecule has 0 spiro atoms. The van der Waals surface area contributed by atoms with Crippen molar-refractivity contribution in [3.63, 3.8) is 0 Å². The van der Waals surface area contributed by atoms with Gasteiger partial charge in [0, 0.05) is 14.2 Å². The van der Waals surface area contributed by atoms with Crippen LogP contribution >= 0.6 is 0 Å². The number of hydrogen-bond donors (Lipinski definition) is 2. The molecule has 1 fully saturated rings. The number of esters is 1. The van der Waals surface area contributed by atoms with Crippen molar-refractivity contribution in [3.05, 3.63) is 0 Å². The normalized spacial score (nSPS) is 34.0. The van der Waals surface area contributed by atoms with Crippen LogP contribution in [-0.4, -0.2) is 68.2 Å². The van der Waals surface area contributed by atoms with Crippen molar-refractivity contribution >= 4 is 5.97 Å². The predicted molar refractivity (Wildman–Crippen MR) is 50.5 cm³/mol. The minimum atomic E-state index is -0.943. The lowest BCUT2D eigenvalue weighted by molar-refractivity contribution is -0.169. The van der Waals surface area contributed by atoms with Gasteiger partial charge in [-0.15, -0.1) is 0 Å². The zero-order valence-electron chi connectivity index (χ0n) is 9.16. The molecule has 0 aliphatic carbocycles. The molecule has 1 saturated heterocycles. The SMILES string of the molecule is COC1[C@H](OC)O[C@H](COC(=O)CO)[C@H]1O. The number of hydrogen-bond acceptors (Lipinski definition) is 7. The van der Waals surface area contributed by atoms with E-state index in [0.717, 1.165) is 0 Å². The Morgan fingerprint density at radius 3 is 2.50 bits per heavy atom. The maximum atomic E-state index is 10.7. The third-order valence-electron chi connectivity index (χ3n) is 2.34. The highest BCUT2D eigenvalue weighted by Gasteiger charge is 2.44. The minimum absolute atomic E-state index is 0.152. The maximum absolute atomic E-state index is 10.7. The molecule has 0 saturated carbocycles. The van der Waals surface area contributed by atoms with Crippen molar-refractivity contribution in [2.45, 2.75) is 24.6 Å². The molecule has 1 aliphatic rings. The van der Waals surface area contributed by atoms with Gasteiger partial charge in [0.15, 0.2) is 6.29 Å². The van der Waals surface area contributed by atoms with Gasteiger partial charge in [0.1, 0.15) is 31.5 Å². The Bertz CT molecular complexity index is 232. The summed E-state index contributed by atoms with van der Waals surface area (Å²) in [6.07, 6.45) is -2.98. The first-order valence-corrected chi connectivity index (χ1v) is 4.79. The topological polar surface area (TPSA) is 94.5 Å². The molecule has 0 amide bonds. The van der Waals surface area contributed by atoms with Crippen LogP contribution in [0.3, 0.4) is 0 Å². The van der Waals surface area contributed by atoms with Crippen LogP contribution in [0.4, 0.5) is 0 Å². The van der Waals surface area contributed by atoms with Crippen molar-refractivity contribution in [1.82, 2.24) is 0 Å². The molecule has 1 aliphatic heterocycles. The molecule has 7 heteroatoms. The Balaban J connectivity index is 2.47. The summed E-state index contributed by atoms with van der Waals surface area (Å²) < 4.78 is 19.9. The summed E-state index contributed by atoms with van der Waals surface area (Å²) in [5.74, 6) is -0.773. The van der Waals surface area contributed by atoms with Gasteiger partial charge in [-0.2, -0.15) is 0 Å². The molecule has 94 valence electrons. The van der Waals surface area contributed by atoms with Crippen LogP contribution in [0.1, 0.15) is 0 Å². The van der Waals surface area contributed by atoms with E-state index < -0.39 is 37.2 Å². The fraction of sp³-hybridized carbons (Fsp3) is 0.889. The summed E-state index contributed by atoms with van der Waals surface area (Å²) in [5.41, 5.74) is 0. The van der Waals surface area contributed by atoms with Gasteiger partial charge in [-0.3, -0.25) is 0 Å². The van der Waals surface area contributed by atoms with Crippen LogP contribution in [0, 0.1) is 0 Å². The quantitative estimate of drug-likeness (QED) is 0.548. The van der Waals surface area contributed by atoms with Gasteiger partial charge in [0.25, 0.3) is 0 Å². The Labute approximate surface area is 92.9 Å². The Morgan fingerprint density at radius 2 is 2.06 bits per heavy atom. The molecule has 7 nitrogen and oxygen atoms in total. The van der Waals surface area contributed by atoms with Gasteiger partial charge in [-0.05, 0) is 0 Å². The molecular weight excluding hydrogens is 220 g/mol. The first-order chi connectivity index (χ1) is 7.63. The molecule has 1 heterocycles. The van der Waals surface area contributed by atoms with Gasteiger partial charge in [-0.1, -0.05) is 0 Å². The number of carbonyl (C=O) groups is 1. The fourth-order valence-corrected chi connectivity index (χ4v) is 1.50. The van der Waals surface area contributed by atoms with E-state index in [-0.39, 0.29) is 6.61 Å². The lowest BCUT2D eigenvalue weighted by Crippen LogP contribution is -2.36. The van der Waals surface area contributed by atoms with Crippen LogP contribution in [0.5, 0.6) is 0 Å². The summed E-state index contributed by atoms with van der Waals surface area (Å²) >= 11 is 0. The van der Waals surface area contributed by atoms with Gasteiger partial charge in [0.05, 0.1) is 0 Å².